The minimum absolute atomic E-state index is 0.0236. The fourth-order valence-corrected chi connectivity index (χ4v) is 7.32. The summed E-state index contributed by atoms with van der Waals surface area (Å²) < 4.78 is 5.99. The van der Waals surface area contributed by atoms with Crippen LogP contribution in [0.15, 0.2) is 30.3 Å². The molecule has 48 heavy (non-hydrogen) atoms. The van der Waals surface area contributed by atoms with Gasteiger partial charge in [0.25, 0.3) is 5.91 Å². The molecule has 12 nitrogen and oxygen atoms in total. The Balaban J connectivity index is 1.39. The van der Waals surface area contributed by atoms with Crippen molar-refractivity contribution >= 4 is 35.4 Å². The number of nitrogens with one attached hydrogen (secondary N) is 3. The predicted molar refractivity (Wildman–Crippen MR) is 180 cm³/mol. The van der Waals surface area contributed by atoms with Crippen LogP contribution in [-0.2, 0) is 23.9 Å². The lowest BCUT2D eigenvalue weighted by molar-refractivity contribution is -0.145. The summed E-state index contributed by atoms with van der Waals surface area (Å²) in [6, 6.07) is 6.22. The number of carbonyl (C=O) groups excluding carboxylic acids is 5. The van der Waals surface area contributed by atoms with E-state index >= 15 is 0 Å². The highest BCUT2D eigenvalue weighted by Crippen LogP contribution is 2.39. The number of para-hydroxylation sites is 1. The van der Waals surface area contributed by atoms with E-state index in [0.717, 1.165) is 38.5 Å². The SMILES string of the molecule is CCC[C@H](NC(=O)[C@@H]1C[C@@]2(CN(c3ccccc3)C(=O)O2)CN1C(=O)C(NC(=O)CC1CCCCC1)C(C)(C)C)C(O)C(=O)NC1CC1. The summed E-state index contributed by atoms with van der Waals surface area (Å²) in [6.07, 6.45) is 6.34. The van der Waals surface area contributed by atoms with Crippen molar-refractivity contribution < 1.29 is 33.8 Å². The average molecular weight is 668 g/mol. The smallest absolute Gasteiger partial charge is 0.415 e. The van der Waals surface area contributed by atoms with Gasteiger partial charge in [0.2, 0.25) is 17.7 Å². The van der Waals surface area contributed by atoms with E-state index in [0.29, 0.717) is 24.9 Å². The Labute approximate surface area is 283 Å². The van der Waals surface area contributed by atoms with Crippen molar-refractivity contribution in [3.05, 3.63) is 30.3 Å². The van der Waals surface area contributed by atoms with Crippen LogP contribution in [-0.4, -0.2) is 88.7 Å². The second kappa shape index (κ2) is 14.8. The van der Waals surface area contributed by atoms with E-state index in [4.69, 9.17) is 4.74 Å². The number of aliphatic hydroxyl groups is 1. The van der Waals surface area contributed by atoms with E-state index in [-0.39, 0.29) is 37.4 Å². The van der Waals surface area contributed by atoms with Crippen molar-refractivity contribution in [2.75, 3.05) is 18.0 Å². The van der Waals surface area contributed by atoms with Crippen molar-refractivity contribution in [1.82, 2.24) is 20.9 Å². The Hall–Kier alpha value is -3.67. The van der Waals surface area contributed by atoms with Gasteiger partial charge in [-0.15, -0.1) is 0 Å². The van der Waals surface area contributed by atoms with Crippen LogP contribution >= 0.6 is 0 Å². The van der Waals surface area contributed by atoms with E-state index < -0.39 is 59.1 Å². The zero-order valence-corrected chi connectivity index (χ0v) is 28.8. The Kier molecular flexibility index (Phi) is 11.0. The van der Waals surface area contributed by atoms with Gasteiger partial charge in [0.1, 0.15) is 12.1 Å². The van der Waals surface area contributed by atoms with E-state index in [1.807, 2.05) is 45.9 Å². The lowest BCUT2D eigenvalue weighted by Gasteiger charge is -2.36. The lowest BCUT2D eigenvalue weighted by atomic mass is 9.84. The fourth-order valence-electron chi connectivity index (χ4n) is 7.32. The van der Waals surface area contributed by atoms with Gasteiger partial charge in [0.15, 0.2) is 11.7 Å². The molecule has 2 aliphatic carbocycles. The molecule has 0 radical (unpaired) electrons. The number of hydrogen-bond acceptors (Lipinski definition) is 7. The molecule has 2 saturated heterocycles. The van der Waals surface area contributed by atoms with Crippen LogP contribution in [0.1, 0.15) is 98.3 Å². The molecule has 4 aliphatic rings. The van der Waals surface area contributed by atoms with Crippen LogP contribution in [0.25, 0.3) is 0 Å². The van der Waals surface area contributed by atoms with Crippen LogP contribution in [0, 0.1) is 11.3 Å². The molecule has 5 rings (SSSR count). The van der Waals surface area contributed by atoms with Crippen LogP contribution in [0.4, 0.5) is 10.5 Å². The molecule has 2 aliphatic heterocycles. The quantitative estimate of drug-likeness (QED) is 0.266. The van der Waals surface area contributed by atoms with Gasteiger partial charge in [-0.2, -0.15) is 0 Å². The number of likely N-dealkylation sites (tertiary alicyclic amines) is 1. The van der Waals surface area contributed by atoms with E-state index in [9.17, 15) is 29.1 Å². The molecule has 0 aromatic heterocycles. The van der Waals surface area contributed by atoms with Crippen molar-refractivity contribution in [2.24, 2.45) is 11.3 Å². The normalized spacial score (nSPS) is 24.9. The first kappa shape index (κ1) is 35.6. The number of rotatable bonds is 12. The monoisotopic (exact) mass is 667 g/mol. The van der Waals surface area contributed by atoms with Crippen LogP contribution < -0.4 is 20.9 Å². The number of amides is 5. The molecular weight excluding hydrogens is 614 g/mol. The minimum Gasteiger partial charge on any atom is -0.439 e. The summed E-state index contributed by atoms with van der Waals surface area (Å²) in [4.78, 5) is 70.9. The third-order valence-electron chi connectivity index (χ3n) is 10.1. The summed E-state index contributed by atoms with van der Waals surface area (Å²) in [7, 11) is 0. The van der Waals surface area contributed by atoms with Gasteiger partial charge in [-0.05, 0) is 55.6 Å². The highest BCUT2D eigenvalue weighted by atomic mass is 16.6. The maximum Gasteiger partial charge on any atom is 0.415 e. The van der Waals surface area contributed by atoms with Crippen molar-refractivity contribution in [2.45, 2.75) is 134 Å². The molecule has 4 fully saturated rings. The number of ether oxygens (including phenoxy) is 1. The van der Waals surface area contributed by atoms with Gasteiger partial charge in [-0.1, -0.05) is 71.6 Å². The number of anilines is 1. The number of carbonyl (C=O) groups is 5. The maximum atomic E-state index is 14.6. The van der Waals surface area contributed by atoms with E-state index in [1.54, 1.807) is 12.1 Å². The van der Waals surface area contributed by atoms with Gasteiger partial charge in [0, 0.05) is 24.6 Å². The van der Waals surface area contributed by atoms with Crippen LogP contribution in [0.2, 0.25) is 0 Å². The summed E-state index contributed by atoms with van der Waals surface area (Å²) in [5.41, 5.74) is -1.23. The molecule has 1 aromatic carbocycles. The number of hydrogen-bond donors (Lipinski definition) is 4. The lowest BCUT2D eigenvalue weighted by Crippen LogP contribution is -2.59. The molecule has 1 spiro atoms. The van der Waals surface area contributed by atoms with E-state index in [2.05, 4.69) is 16.0 Å². The van der Waals surface area contributed by atoms with Gasteiger partial charge in [-0.3, -0.25) is 24.1 Å². The average Bonchev–Trinajstić information content (AvgIpc) is 3.70. The fraction of sp³-hybridized carbons (Fsp3) is 0.694. The van der Waals surface area contributed by atoms with Crippen LogP contribution in [0.5, 0.6) is 0 Å². The maximum absolute atomic E-state index is 14.6. The molecule has 2 unspecified atom stereocenters. The van der Waals surface area contributed by atoms with Gasteiger partial charge < -0.3 is 30.7 Å². The first-order valence-electron chi connectivity index (χ1n) is 17.7. The molecule has 264 valence electrons. The summed E-state index contributed by atoms with van der Waals surface area (Å²) in [5, 5.41) is 19.6. The van der Waals surface area contributed by atoms with Crippen molar-refractivity contribution in [3.8, 4) is 0 Å². The molecule has 2 heterocycles. The standard InChI is InChI=1S/C36H53N5O7/c1-5-12-26(29(43)32(45)37-24-17-18-24)38-31(44)27-20-36(21-40(34(47)48-36)25-15-10-7-11-16-25)22-41(27)33(46)30(35(2,3)4)39-28(42)19-23-13-8-6-9-14-23/h7,10-11,15-16,23-24,26-27,29-30,43H,5-6,8-9,12-14,17-22H2,1-4H3,(H,37,45)(H,38,44)(H,39,42)/t26-,27-,29?,30?,36+/m0/s1. The number of nitrogens with zero attached hydrogens (tertiary/aromatic N) is 2. The van der Waals surface area contributed by atoms with E-state index in [1.165, 1.54) is 16.2 Å². The summed E-state index contributed by atoms with van der Waals surface area (Å²) in [5.74, 6) is -1.44. The Morgan fingerprint density at radius 3 is 2.31 bits per heavy atom. The van der Waals surface area contributed by atoms with Gasteiger partial charge in [0.05, 0.1) is 19.1 Å². The Morgan fingerprint density at radius 1 is 1.00 bits per heavy atom. The first-order chi connectivity index (χ1) is 22.8. The Morgan fingerprint density at radius 2 is 1.69 bits per heavy atom. The zero-order chi connectivity index (χ0) is 34.6. The molecule has 4 N–H and O–H groups in total. The molecule has 1 aromatic rings. The van der Waals surface area contributed by atoms with Gasteiger partial charge >= 0.3 is 6.09 Å². The largest absolute Gasteiger partial charge is 0.439 e. The molecule has 2 saturated carbocycles. The second-order valence-corrected chi connectivity index (χ2v) is 15.4. The van der Waals surface area contributed by atoms with Crippen LogP contribution in [0.3, 0.4) is 0 Å². The highest BCUT2D eigenvalue weighted by Gasteiger charge is 2.58. The highest BCUT2D eigenvalue weighted by molar-refractivity contribution is 5.95. The third-order valence-corrected chi connectivity index (χ3v) is 10.1. The third kappa shape index (κ3) is 8.48. The number of benzene rings is 1. The predicted octanol–water partition coefficient (Wildman–Crippen LogP) is 3.41. The molecule has 5 atom stereocenters. The molecule has 12 heteroatoms. The number of aliphatic hydroxyl groups excluding tert-OH is 1. The second-order valence-electron chi connectivity index (χ2n) is 15.4. The summed E-state index contributed by atoms with van der Waals surface area (Å²) >= 11 is 0. The van der Waals surface area contributed by atoms with Gasteiger partial charge in [-0.25, -0.2) is 4.79 Å². The van der Waals surface area contributed by atoms with Crippen molar-refractivity contribution in [1.29, 1.82) is 0 Å². The molecule has 5 amide bonds. The molecule has 0 bridgehead atoms. The molecular formula is C36H53N5O7. The zero-order valence-electron chi connectivity index (χ0n) is 28.8. The topological polar surface area (TPSA) is 157 Å². The minimum atomic E-state index is -1.46. The first-order valence-corrected chi connectivity index (χ1v) is 17.7. The summed E-state index contributed by atoms with van der Waals surface area (Å²) in [6.45, 7) is 7.59. The van der Waals surface area contributed by atoms with Crippen molar-refractivity contribution in [3.63, 3.8) is 0 Å². The Bertz CT molecular complexity index is 1340.